The van der Waals surface area contributed by atoms with Crippen LogP contribution >= 0.6 is 11.8 Å². The molecule has 0 bridgehead atoms. The molecule has 0 atom stereocenters. The lowest BCUT2D eigenvalue weighted by atomic mass is 9.98. The van der Waals surface area contributed by atoms with Crippen LogP contribution in [0.5, 0.6) is 5.75 Å². The van der Waals surface area contributed by atoms with Crippen LogP contribution in [-0.4, -0.2) is 31.9 Å². The highest BCUT2D eigenvalue weighted by atomic mass is 32.2. The third kappa shape index (κ3) is 4.32. The van der Waals surface area contributed by atoms with Crippen LogP contribution in [0.1, 0.15) is 18.2 Å². The van der Waals surface area contributed by atoms with Gasteiger partial charge in [0.15, 0.2) is 5.82 Å². The fourth-order valence-electron chi connectivity index (χ4n) is 3.86. The van der Waals surface area contributed by atoms with Crippen LogP contribution in [0.3, 0.4) is 0 Å². The molecule has 33 heavy (non-hydrogen) atoms. The summed E-state index contributed by atoms with van der Waals surface area (Å²) < 4.78 is 6.29. The molecule has 0 amide bonds. The second kappa shape index (κ2) is 9.42. The fraction of sp³-hybridized carbons (Fsp3) is 0.154. The zero-order valence-corrected chi connectivity index (χ0v) is 19.3. The van der Waals surface area contributed by atoms with Crippen LogP contribution in [0, 0.1) is 0 Å². The minimum Gasteiger partial charge on any atom is -0.488 e. The molecule has 1 N–H and O–H groups in total. The Morgan fingerprint density at radius 3 is 2.48 bits per heavy atom. The molecule has 0 spiro atoms. The summed E-state index contributed by atoms with van der Waals surface area (Å²) in [6.45, 7) is 2.60. The smallest absolute Gasteiger partial charge is 0.180 e. The number of H-pyrrole nitrogens is 1. The number of nitrogens with one attached hydrogen (secondary N) is 1. The highest BCUT2D eigenvalue weighted by Crippen LogP contribution is 2.33. The molecule has 7 heteroatoms. The first kappa shape index (κ1) is 21.2. The predicted octanol–water partition coefficient (Wildman–Crippen LogP) is 5.95. The quantitative estimate of drug-likeness (QED) is 0.307. The molecule has 2 aromatic heterocycles. The van der Waals surface area contributed by atoms with Gasteiger partial charge in [-0.15, -0.1) is 16.9 Å². The van der Waals surface area contributed by atoms with E-state index in [-0.39, 0.29) is 0 Å². The molecule has 3 aromatic carbocycles. The first-order chi connectivity index (χ1) is 16.3. The number of ether oxygens (including phenoxy) is 1. The highest BCUT2D eigenvalue weighted by Gasteiger charge is 2.12. The summed E-state index contributed by atoms with van der Waals surface area (Å²) in [4.78, 5) is 6.00. The molecular formula is C26H23N5OS. The third-order valence-electron chi connectivity index (χ3n) is 5.59. The van der Waals surface area contributed by atoms with Crippen molar-refractivity contribution in [2.45, 2.75) is 24.8 Å². The Balaban J connectivity index is 1.40. The summed E-state index contributed by atoms with van der Waals surface area (Å²) in [6, 6.07) is 24.8. The van der Waals surface area contributed by atoms with Crippen molar-refractivity contribution in [2.24, 2.45) is 0 Å². The molecule has 0 aliphatic heterocycles. The number of pyridine rings is 1. The summed E-state index contributed by atoms with van der Waals surface area (Å²) in [5.41, 5.74) is 6.27. The number of rotatable bonds is 7. The number of aromatic nitrogens is 5. The maximum Gasteiger partial charge on any atom is 0.180 e. The number of fused-ring (bicyclic) bond motifs is 1. The van der Waals surface area contributed by atoms with Crippen LogP contribution in [0.25, 0.3) is 33.4 Å². The number of thioether (sulfide) groups is 1. The summed E-state index contributed by atoms with van der Waals surface area (Å²) in [5.74, 6) is 1.53. The van der Waals surface area contributed by atoms with Gasteiger partial charge in [-0.3, -0.25) is 4.98 Å². The molecule has 0 aliphatic rings. The van der Waals surface area contributed by atoms with Gasteiger partial charge < -0.3 is 4.74 Å². The zero-order valence-electron chi connectivity index (χ0n) is 18.4. The number of aryl methyl sites for hydroxylation is 1. The lowest BCUT2D eigenvalue weighted by molar-refractivity contribution is 0.309. The van der Waals surface area contributed by atoms with E-state index < -0.39 is 0 Å². The minimum atomic E-state index is 0.486. The number of tetrazole rings is 1. The molecule has 0 saturated heterocycles. The zero-order chi connectivity index (χ0) is 22.6. The summed E-state index contributed by atoms with van der Waals surface area (Å²) in [6.07, 6.45) is 2.94. The van der Waals surface area contributed by atoms with E-state index in [0.29, 0.717) is 12.4 Å². The normalized spacial score (nSPS) is 11.1. The molecule has 0 unspecified atom stereocenters. The lowest BCUT2D eigenvalue weighted by Gasteiger charge is -2.13. The number of benzene rings is 3. The topological polar surface area (TPSA) is 76.6 Å². The van der Waals surface area contributed by atoms with Gasteiger partial charge in [0.05, 0.1) is 5.52 Å². The van der Waals surface area contributed by atoms with Crippen molar-refractivity contribution in [2.75, 3.05) is 6.26 Å². The van der Waals surface area contributed by atoms with Crippen molar-refractivity contribution in [1.82, 2.24) is 25.6 Å². The molecule has 0 saturated carbocycles. The Morgan fingerprint density at radius 1 is 0.939 bits per heavy atom. The minimum absolute atomic E-state index is 0.486. The largest absolute Gasteiger partial charge is 0.488 e. The number of para-hydroxylation sites is 1. The molecule has 0 aliphatic carbocycles. The predicted molar refractivity (Wildman–Crippen MR) is 132 cm³/mol. The third-order valence-corrected chi connectivity index (χ3v) is 6.36. The van der Waals surface area contributed by atoms with E-state index in [1.165, 1.54) is 0 Å². The van der Waals surface area contributed by atoms with E-state index in [4.69, 9.17) is 9.72 Å². The first-order valence-electron chi connectivity index (χ1n) is 10.8. The SMILES string of the molecule is CCc1cc(OCc2ccc(-c3ccccc3-c3nnn[nH]3)cc2)c2cccc(SC)c2n1. The van der Waals surface area contributed by atoms with Gasteiger partial charge in [0, 0.05) is 27.6 Å². The molecule has 0 radical (unpaired) electrons. The van der Waals surface area contributed by atoms with Gasteiger partial charge in [-0.1, -0.05) is 61.5 Å². The van der Waals surface area contributed by atoms with Gasteiger partial charge in [-0.25, -0.2) is 5.10 Å². The molecule has 2 heterocycles. The first-order valence-corrected chi connectivity index (χ1v) is 12.0. The summed E-state index contributed by atoms with van der Waals surface area (Å²) in [7, 11) is 0. The molecular weight excluding hydrogens is 430 g/mol. The molecule has 164 valence electrons. The van der Waals surface area contributed by atoms with Gasteiger partial charge in [0.2, 0.25) is 0 Å². The second-order valence-electron chi connectivity index (χ2n) is 7.60. The van der Waals surface area contributed by atoms with Crippen molar-refractivity contribution in [3.63, 3.8) is 0 Å². The number of hydrogen-bond donors (Lipinski definition) is 1. The molecule has 0 fully saturated rings. The van der Waals surface area contributed by atoms with Crippen molar-refractivity contribution < 1.29 is 4.74 Å². The summed E-state index contributed by atoms with van der Waals surface area (Å²) in [5, 5.41) is 15.4. The Morgan fingerprint density at radius 2 is 1.76 bits per heavy atom. The van der Waals surface area contributed by atoms with Crippen molar-refractivity contribution in [1.29, 1.82) is 0 Å². The summed E-state index contributed by atoms with van der Waals surface area (Å²) >= 11 is 1.71. The van der Waals surface area contributed by atoms with Crippen LogP contribution in [-0.2, 0) is 13.0 Å². The number of nitrogens with zero attached hydrogens (tertiary/aromatic N) is 4. The second-order valence-corrected chi connectivity index (χ2v) is 8.45. The maximum absolute atomic E-state index is 6.29. The molecule has 5 aromatic rings. The fourth-order valence-corrected chi connectivity index (χ4v) is 4.43. The van der Waals surface area contributed by atoms with E-state index in [9.17, 15) is 0 Å². The van der Waals surface area contributed by atoms with E-state index in [0.717, 1.165) is 55.9 Å². The van der Waals surface area contributed by atoms with Gasteiger partial charge in [0.1, 0.15) is 12.4 Å². The lowest BCUT2D eigenvalue weighted by Crippen LogP contribution is -1.99. The molecule has 6 nitrogen and oxygen atoms in total. The number of aromatic amines is 1. The average molecular weight is 454 g/mol. The van der Waals surface area contributed by atoms with E-state index in [1.54, 1.807) is 11.8 Å². The monoisotopic (exact) mass is 453 g/mol. The van der Waals surface area contributed by atoms with Crippen LogP contribution in [0.4, 0.5) is 0 Å². The van der Waals surface area contributed by atoms with Crippen molar-refractivity contribution in [3.05, 3.63) is 84.1 Å². The van der Waals surface area contributed by atoms with Gasteiger partial charge in [0.25, 0.3) is 0 Å². The van der Waals surface area contributed by atoms with E-state index in [2.05, 4.69) is 88.4 Å². The van der Waals surface area contributed by atoms with Gasteiger partial charge in [-0.2, -0.15) is 0 Å². The highest BCUT2D eigenvalue weighted by molar-refractivity contribution is 7.98. The van der Waals surface area contributed by atoms with E-state index >= 15 is 0 Å². The Labute approximate surface area is 196 Å². The maximum atomic E-state index is 6.29. The Kier molecular flexibility index (Phi) is 6.04. The molecule has 5 rings (SSSR count). The van der Waals surface area contributed by atoms with Crippen LogP contribution in [0.15, 0.2) is 77.7 Å². The Hall–Kier alpha value is -3.71. The van der Waals surface area contributed by atoms with E-state index in [1.807, 2.05) is 18.2 Å². The average Bonchev–Trinajstić information content (AvgIpc) is 3.42. The van der Waals surface area contributed by atoms with Gasteiger partial charge in [-0.05, 0) is 51.9 Å². The van der Waals surface area contributed by atoms with Crippen molar-refractivity contribution in [3.8, 4) is 28.3 Å². The number of hydrogen-bond acceptors (Lipinski definition) is 6. The van der Waals surface area contributed by atoms with Crippen LogP contribution < -0.4 is 4.74 Å². The Bertz CT molecular complexity index is 1380. The van der Waals surface area contributed by atoms with Crippen LogP contribution in [0.2, 0.25) is 0 Å². The van der Waals surface area contributed by atoms with Crippen molar-refractivity contribution >= 4 is 22.7 Å². The standard InChI is InChI=1S/C26H23N5OS/c1-3-19-15-23(22-9-6-10-24(33-2)25(22)27-19)32-16-17-11-13-18(14-12-17)20-7-4-5-8-21(20)26-28-30-31-29-26/h4-15H,3,16H2,1-2H3,(H,28,29,30,31). The van der Waals surface area contributed by atoms with Gasteiger partial charge >= 0.3 is 0 Å².